The molecule has 0 aliphatic heterocycles. The Hall–Kier alpha value is -4.09. The highest BCUT2D eigenvalue weighted by Crippen LogP contribution is 2.28. The Labute approximate surface area is 212 Å². The van der Waals surface area contributed by atoms with Crippen molar-refractivity contribution < 1.29 is 19.1 Å². The van der Waals surface area contributed by atoms with Crippen LogP contribution >= 0.6 is 15.9 Å². The van der Waals surface area contributed by atoms with Crippen LogP contribution in [0.1, 0.15) is 16.7 Å². The van der Waals surface area contributed by atoms with E-state index in [9.17, 15) is 14.9 Å². The molecule has 0 aliphatic carbocycles. The van der Waals surface area contributed by atoms with Crippen LogP contribution in [0.3, 0.4) is 0 Å². The molecule has 3 rings (SSSR count). The van der Waals surface area contributed by atoms with Crippen molar-refractivity contribution in [1.82, 2.24) is 0 Å². The van der Waals surface area contributed by atoms with Gasteiger partial charge in [0.15, 0.2) is 6.61 Å². The highest BCUT2D eigenvalue weighted by atomic mass is 79.9. The number of nitriles is 1. The fraction of sp³-hybridized carbons (Fsp3) is 0.148. The fourth-order valence-corrected chi connectivity index (χ4v) is 3.70. The van der Waals surface area contributed by atoms with E-state index in [2.05, 4.69) is 26.6 Å². The monoisotopic (exact) mass is 533 g/mol. The average molecular weight is 534 g/mol. The summed E-state index contributed by atoms with van der Waals surface area (Å²) in [5, 5.41) is 15.0. The van der Waals surface area contributed by atoms with Gasteiger partial charge in [0, 0.05) is 5.69 Å². The molecule has 0 bridgehead atoms. The average Bonchev–Trinajstić information content (AvgIpc) is 2.85. The van der Waals surface area contributed by atoms with E-state index in [4.69, 9.17) is 9.47 Å². The molecule has 0 atom stereocenters. The number of hydrogen-bond acceptors (Lipinski definition) is 5. The van der Waals surface area contributed by atoms with Gasteiger partial charge in [-0.2, -0.15) is 5.26 Å². The Bertz CT molecular complexity index is 1330. The van der Waals surface area contributed by atoms with Crippen LogP contribution in [-0.4, -0.2) is 25.5 Å². The summed E-state index contributed by atoms with van der Waals surface area (Å²) in [6, 6.07) is 19.7. The molecule has 2 N–H and O–H groups in total. The maximum atomic E-state index is 12.6. The van der Waals surface area contributed by atoms with Crippen molar-refractivity contribution in [3.05, 3.63) is 87.4 Å². The zero-order valence-electron chi connectivity index (χ0n) is 19.5. The van der Waals surface area contributed by atoms with Gasteiger partial charge < -0.3 is 20.1 Å². The second kappa shape index (κ2) is 11.9. The summed E-state index contributed by atoms with van der Waals surface area (Å²) >= 11 is 3.42. The quantitative estimate of drug-likeness (QED) is 0.288. The van der Waals surface area contributed by atoms with Crippen LogP contribution in [0.15, 0.2) is 70.7 Å². The molecule has 3 aromatic rings. The number of nitrogens with zero attached hydrogens (tertiary/aromatic N) is 1. The Morgan fingerprint density at radius 1 is 1.00 bits per heavy atom. The largest absolute Gasteiger partial charge is 0.495 e. The Morgan fingerprint density at radius 3 is 2.46 bits per heavy atom. The molecule has 8 heteroatoms. The van der Waals surface area contributed by atoms with Gasteiger partial charge >= 0.3 is 0 Å². The molecule has 0 saturated heterocycles. The van der Waals surface area contributed by atoms with E-state index in [1.54, 1.807) is 42.5 Å². The fourth-order valence-electron chi connectivity index (χ4n) is 3.19. The van der Waals surface area contributed by atoms with Gasteiger partial charge in [-0.05, 0) is 82.9 Å². The molecule has 0 saturated carbocycles. The first-order valence-electron chi connectivity index (χ1n) is 10.7. The third kappa shape index (κ3) is 6.71. The van der Waals surface area contributed by atoms with Crippen LogP contribution < -0.4 is 20.1 Å². The van der Waals surface area contributed by atoms with Crippen molar-refractivity contribution in [3.63, 3.8) is 0 Å². The van der Waals surface area contributed by atoms with Gasteiger partial charge in [-0.25, -0.2) is 0 Å². The number of halogens is 1. The number of carbonyl (C=O) groups excluding carboxylic acids is 2. The van der Waals surface area contributed by atoms with Crippen molar-refractivity contribution in [2.24, 2.45) is 0 Å². The van der Waals surface area contributed by atoms with E-state index in [1.807, 2.05) is 38.1 Å². The molecule has 178 valence electrons. The van der Waals surface area contributed by atoms with Crippen molar-refractivity contribution in [3.8, 4) is 17.6 Å². The second-order valence-electron chi connectivity index (χ2n) is 7.60. The number of nitrogens with one attached hydrogen (secondary N) is 2. The summed E-state index contributed by atoms with van der Waals surface area (Å²) in [4.78, 5) is 24.9. The Balaban J connectivity index is 1.66. The molecule has 0 aromatic heterocycles. The number of carbonyl (C=O) groups is 2. The second-order valence-corrected chi connectivity index (χ2v) is 8.45. The SMILES string of the molecule is COc1ccccc1NC(=O)COc1ccc(/C=C(/C#N)C(=O)Nc2cccc(C)c2C)cc1Br. The number of ether oxygens (including phenoxy) is 2. The van der Waals surface area contributed by atoms with E-state index in [0.717, 1.165) is 11.1 Å². The van der Waals surface area contributed by atoms with Gasteiger partial charge in [-0.3, -0.25) is 9.59 Å². The van der Waals surface area contributed by atoms with Crippen LogP contribution in [0.5, 0.6) is 11.5 Å². The minimum absolute atomic E-state index is 0.0392. The number of anilines is 2. The summed E-state index contributed by atoms with van der Waals surface area (Å²) in [7, 11) is 1.53. The summed E-state index contributed by atoms with van der Waals surface area (Å²) in [6.07, 6.45) is 1.49. The normalized spacial score (nSPS) is 10.8. The van der Waals surface area contributed by atoms with Gasteiger partial charge in [0.25, 0.3) is 11.8 Å². The highest BCUT2D eigenvalue weighted by Gasteiger charge is 2.13. The van der Waals surface area contributed by atoms with Gasteiger partial charge in [-0.15, -0.1) is 0 Å². The van der Waals surface area contributed by atoms with Gasteiger partial charge in [-0.1, -0.05) is 30.3 Å². The van der Waals surface area contributed by atoms with E-state index in [0.29, 0.717) is 32.9 Å². The molecular formula is C27H24BrN3O4. The van der Waals surface area contributed by atoms with Crippen molar-refractivity contribution in [2.75, 3.05) is 24.4 Å². The molecule has 0 fully saturated rings. The number of rotatable bonds is 8. The molecule has 3 aromatic carbocycles. The molecule has 35 heavy (non-hydrogen) atoms. The van der Waals surface area contributed by atoms with Gasteiger partial charge in [0.1, 0.15) is 23.1 Å². The third-order valence-corrected chi connectivity index (χ3v) is 5.84. The van der Waals surface area contributed by atoms with Crippen LogP contribution in [0.4, 0.5) is 11.4 Å². The van der Waals surface area contributed by atoms with Gasteiger partial charge in [0.2, 0.25) is 0 Å². The predicted octanol–water partition coefficient (Wildman–Crippen LogP) is 5.64. The standard InChI is InChI=1S/C27H24BrN3O4/c1-17-7-6-9-22(18(17)2)31-27(33)20(15-29)13-19-11-12-24(21(28)14-19)35-16-26(32)30-23-8-4-5-10-25(23)34-3/h4-14H,16H2,1-3H3,(H,30,32)(H,31,33)/b20-13-. The summed E-state index contributed by atoms with van der Waals surface area (Å²) in [6.45, 7) is 3.65. The first-order valence-corrected chi connectivity index (χ1v) is 11.5. The maximum Gasteiger partial charge on any atom is 0.266 e. The maximum absolute atomic E-state index is 12.6. The van der Waals surface area contributed by atoms with Crippen LogP contribution in [0.25, 0.3) is 6.08 Å². The third-order valence-electron chi connectivity index (χ3n) is 5.22. The van der Waals surface area contributed by atoms with E-state index < -0.39 is 5.91 Å². The molecule has 0 heterocycles. The highest BCUT2D eigenvalue weighted by molar-refractivity contribution is 9.10. The van der Waals surface area contributed by atoms with Crippen LogP contribution in [-0.2, 0) is 9.59 Å². The van der Waals surface area contributed by atoms with Crippen molar-refractivity contribution >= 4 is 45.2 Å². The summed E-state index contributed by atoms with van der Waals surface area (Å²) in [5.41, 5.74) is 3.77. The number of para-hydroxylation sites is 2. The molecule has 7 nitrogen and oxygen atoms in total. The first kappa shape index (κ1) is 25.5. The number of amides is 2. The first-order chi connectivity index (χ1) is 16.8. The predicted molar refractivity (Wildman–Crippen MR) is 139 cm³/mol. The zero-order chi connectivity index (χ0) is 25.4. The van der Waals surface area contributed by atoms with Crippen LogP contribution in [0, 0.1) is 25.2 Å². The molecule has 0 radical (unpaired) electrons. The van der Waals surface area contributed by atoms with Crippen LogP contribution in [0.2, 0.25) is 0 Å². The topological polar surface area (TPSA) is 100 Å². The van der Waals surface area contributed by atoms with Crippen molar-refractivity contribution in [1.29, 1.82) is 5.26 Å². The lowest BCUT2D eigenvalue weighted by Crippen LogP contribution is -2.20. The van der Waals surface area contributed by atoms with E-state index in [1.165, 1.54) is 13.2 Å². The minimum atomic E-state index is -0.495. The smallest absolute Gasteiger partial charge is 0.266 e. The molecule has 0 spiro atoms. The molecule has 0 aliphatic rings. The number of methoxy groups -OCH3 is 1. The number of aryl methyl sites for hydroxylation is 1. The Kier molecular flexibility index (Phi) is 8.65. The molecule has 0 unspecified atom stereocenters. The summed E-state index contributed by atoms with van der Waals surface area (Å²) in [5.74, 6) is 0.148. The lowest BCUT2D eigenvalue weighted by atomic mass is 10.1. The molecular weight excluding hydrogens is 510 g/mol. The lowest BCUT2D eigenvalue weighted by molar-refractivity contribution is -0.118. The van der Waals surface area contributed by atoms with Crippen molar-refractivity contribution in [2.45, 2.75) is 13.8 Å². The Morgan fingerprint density at radius 2 is 1.74 bits per heavy atom. The number of benzene rings is 3. The minimum Gasteiger partial charge on any atom is -0.495 e. The van der Waals surface area contributed by atoms with Gasteiger partial charge in [0.05, 0.1) is 17.3 Å². The molecule has 2 amide bonds. The number of hydrogen-bond donors (Lipinski definition) is 2. The lowest BCUT2D eigenvalue weighted by Gasteiger charge is -2.12. The zero-order valence-corrected chi connectivity index (χ0v) is 21.1. The van der Waals surface area contributed by atoms with E-state index in [-0.39, 0.29) is 18.1 Å². The van der Waals surface area contributed by atoms with E-state index >= 15 is 0 Å². The summed E-state index contributed by atoms with van der Waals surface area (Å²) < 4.78 is 11.4.